The summed E-state index contributed by atoms with van der Waals surface area (Å²) in [6.45, 7) is 4.19. The molecule has 0 spiro atoms. The van der Waals surface area contributed by atoms with Crippen LogP contribution in [0.2, 0.25) is 0 Å². The van der Waals surface area contributed by atoms with E-state index in [9.17, 15) is 14.7 Å². The number of nitrogens with zero attached hydrogens (tertiary/aromatic N) is 1. The average molecular weight is 287 g/mol. The number of para-hydroxylation sites is 1. The van der Waals surface area contributed by atoms with Gasteiger partial charge in [0, 0.05) is 24.0 Å². The molecule has 1 aliphatic rings. The molecule has 5 nitrogen and oxygen atoms in total. The third kappa shape index (κ3) is 2.09. The third-order valence-electron chi connectivity index (χ3n) is 4.31. The Labute approximate surface area is 122 Å². The minimum Gasteiger partial charge on any atom is -0.481 e. The molecule has 5 heteroatoms. The number of carboxylic acids is 1. The first-order valence-electron chi connectivity index (χ1n) is 6.93. The molecule has 0 radical (unpaired) electrons. The molecule has 21 heavy (non-hydrogen) atoms. The smallest absolute Gasteiger partial charge is 0.311 e. The largest absolute Gasteiger partial charge is 0.481 e. The normalized spacial score (nSPS) is 21.9. The predicted octanol–water partition coefficient (Wildman–Crippen LogP) is 2.68. The highest BCUT2D eigenvalue weighted by atomic mass is 16.4. The number of carbonyl (C=O) groups excluding carboxylic acids is 1. The molecule has 1 fully saturated rings. The summed E-state index contributed by atoms with van der Waals surface area (Å²) in [5.74, 6) is -0.779. The molecule has 1 atom stereocenters. The molecular formula is C16H17NO4. The van der Waals surface area contributed by atoms with Gasteiger partial charge in [-0.1, -0.05) is 18.2 Å². The van der Waals surface area contributed by atoms with Crippen molar-refractivity contribution in [2.45, 2.75) is 20.3 Å². The van der Waals surface area contributed by atoms with Gasteiger partial charge in [-0.2, -0.15) is 0 Å². The SMILES string of the molecule is Cc1c(C(=O)N2CCC(C)(C(=O)O)C2)oc2ccccc12. The number of hydrogen-bond acceptors (Lipinski definition) is 3. The number of benzene rings is 1. The first kappa shape index (κ1) is 13.7. The van der Waals surface area contributed by atoms with E-state index >= 15 is 0 Å². The Morgan fingerprint density at radius 1 is 1.33 bits per heavy atom. The van der Waals surface area contributed by atoms with E-state index in [0.29, 0.717) is 24.3 Å². The number of amides is 1. The first-order valence-corrected chi connectivity index (χ1v) is 6.93. The Morgan fingerprint density at radius 3 is 2.67 bits per heavy atom. The van der Waals surface area contributed by atoms with E-state index < -0.39 is 11.4 Å². The van der Waals surface area contributed by atoms with Crippen LogP contribution >= 0.6 is 0 Å². The summed E-state index contributed by atoms with van der Waals surface area (Å²) in [4.78, 5) is 25.4. The van der Waals surface area contributed by atoms with Crippen LogP contribution in [-0.2, 0) is 4.79 Å². The van der Waals surface area contributed by atoms with E-state index in [0.717, 1.165) is 10.9 Å². The second kappa shape index (κ2) is 4.62. The van der Waals surface area contributed by atoms with Crippen LogP contribution in [0.3, 0.4) is 0 Å². The Kier molecular flexibility index (Phi) is 3.01. The van der Waals surface area contributed by atoms with Crippen LogP contribution in [0.1, 0.15) is 29.5 Å². The molecule has 0 bridgehead atoms. The lowest BCUT2D eigenvalue weighted by atomic mass is 9.90. The number of furan rings is 1. The van der Waals surface area contributed by atoms with Crippen molar-refractivity contribution < 1.29 is 19.1 Å². The summed E-state index contributed by atoms with van der Waals surface area (Å²) < 4.78 is 5.66. The highest BCUT2D eigenvalue weighted by Gasteiger charge is 2.43. The molecule has 3 rings (SSSR count). The molecule has 1 N–H and O–H groups in total. The zero-order valence-electron chi connectivity index (χ0n) is 12.0. The third-order valence-corrected chi connectivity index (χ3v) is 4.31. The van der Waals surface area contributed by atoms with Crippen molar-refractivity contribution in [3.8, 4) is 0 Å². The first-order chi connectivity index (χ1) is 9.92. The van der Waals surface area contributed by atoms with Crippen LogP contribution in [0.25, 0.3) is 11.0 Å². The van der Waals surface area contributed by atoms with Gasteiger partial charge < -0.3 is 14.4 Å². The average Bonchev–Trinajstić information content (AvgIpc) is 3.01. The van der Waals surface area contributed by atoms with Gasteiger partial charge in [-0.3, -0.25) is 9.59 Å². The van der Waals surface area contributed by atoms with Gasteiger partial charge in [0.05, 0.1) is 5.41 Å². The van der Waals surface area contributed by atoms with E-state index in [2.05, 4.69) is 0 Å². The van der Waals surface area contributed by atoms with Crippen LogP contribution in [0, 0.1) is 12.3 Å². The molecular weight excluding hydrogens is 270 g/mol. The zero-order valence-corrected chi connectivity index (χ0v) is 12.0. The number of aliphatic carboxylic acids is 1. The fourth-order valence-electron chi connectivity index (χ4n) is 2.83. The molecule has 110 valence electrons. The fourth-order valence-corrected chi connectivity index (χ4v) is 2.83. The Balaban J connectivity index is 1.92. The van der Waals surface area contributed by atoms with Gasteiger partial charge in [0.2, 0.25) is 0 Å². The van der Waals surface area contributed by atoms with Crippen LogP contribution < -0.4 is 0 Å². The number of aryl methyl sites for hydroxylation is 1. The molecule has 1 aliphatic heterocycles. The summed E-state index contributed by atoms with van der Waals surface area (Å²) in [7, 11) is 0. The van der Waals surface area contributed by atoms with E-state index in [1.165, 1.54) is 0 Å². The number of rotatable bonds is 2. The summed E-state index contributed by atoms with van der Waals surface area (Å²) in [5.41, 5.74) is 0.619. The van der Waals surface area contributed by atoms with E-state index in [4.69, 9.17) is 4.42 Å². The highest BCUT2D eigenvalue weighted by Crippen LogP contribution is 2.33. The minimum absolute atomic E-state index is 0.220. The monoisotopic (exact) mass is 287 g/mol. The standard InChI is InChI=1S/C16H17NO4/c1-10-11-5-3-4-6-12(11)21-13(10)14(18)17-8-7-16(2,9-17)15(19)20/h3-6H,7-9H2,1-2H3,(H,19,20). The van der Waals surface area contributed by atoms with Gasteiger partial charge in [0.1, 0.15) is 5.58 Å². The fraction of sp³-hybridized carbons (Fsp3) is 0.375. The van der Waals surface area contributed by atoms with Crippen molar-refractivity contribution in [2.75, 3.05) is 13.1 Å². The van der Waals surface area contributed by atoms with Crippen molar-refractivity contribution in [1.29, 1.82) is 0 Å². The predicted molar refractivity (Wildman–Crippen MR) is 77.2 cm³/mol. The van der Waals surface area contributed by atoms with Crippen molar-refractivity contribution in [2.24, 2.45) is 5.41 Å². The summed E-state index contributed by atoms with van der Waals surface area (Å²) in [6, 6.07) is 7.49. The maximum Gasteiger partial charge on any atom is 0.311 e. The number of fused-ring (bicyclic) bond motifs is 1. The number of carbonyl (C=O) groups is 2. The summed E-state index contributed by atoms with van der Waals surface area (Å²) >= 11 is 0. The Hall–Kier alpha value is -2.30. The van der Waals surface area contributed by atoms with Gasteiger partial charge in [-0.05, 0) is 26.3 Å². The maximum absolute atomic E-state index is 12.6. The van der Waals surface area contributed by atoms with E-state index in [-0.39, 0.29) is 12.5 Å². The lowest BCUT2D eigenvalue weighted by molar-refractivity contribution is -0.147. The highest BCUT2D eigenvalue weighted by molar-refractivity contribution is 5.99. The quantitative estimate of drug-likeness (QED) is 0.921. The van der Waals surface area contributed by atoms with Gasteiger partial charge in [-0.25, -0.2) is 0 Å². The topological polar surface area (TPSA) is 70.8 Å². The number of likely N-dealkylation sites (tertiary alicyclic amines) is 1. The zero-order chi connectivity index (χ0) is 15.2. The summed E-state index contributed by atoms with van der Waals surface area (Å²) in [6.07, 6.45) is 0.466. The van der Waals surface area contributed by atoms with Gasteiger partial charge in [-0.15, -0.1) is 0 Å². The molecule has 1 amide bonds. The van der Waals surface area contributed by atoms with Gasteiger partial charge in [0.15, 0.2) is 5.76 Å². The van der Waals surface area contributed by atoms with Crippen molar-refractivity contribution in [3.05, 3.63) is 35.6 Å². The Bertz CT molecular complexity index is 733. The number of hydrogen-bond donors (Lipinski definition) is 1. The molecule has 2 aromatic rings. The second-order valence-electron chi connectivity index (χ2n) is 5.89. The summed E-state index contributed by atoms with van der Waals surface area (Å²) in [5, 5.41) is 10.2. The van der Waals surface area contributed by atoms with E-state index in [1.807, 2.05) is 31.2 Å². The van der Waals surface area contributed by atoms with Crippen LogP contribution in [0.5, 0.6) is 0 Å². The van der Waals surface area contributed by atoms with Crippen molar-refractivity contribution >= 4 is 22.8 Å². The lowest BCUT2D eigenvalue weighted by Crippen LogP contribution is -2.34. The molecule has 1 aromatic carbocycles. The Morgan fingerprint density at radius 2 is 2.05 bits per heavy atom. The molecule has 0 aliphatic carbocycles. The molecule has 1 unspecified atom stereocenters. The van der Waals surface area contributed by atoms with Crippen LogP contribution in [-0.4, -0.2) is 35.0 Å². The molecule has 0 saturated carbocycles. The van der Waals surface area contributed by atoms with E-state index in [1.54, 1.807) is 11.8 Å². The van der Waals surface area contributed by atoms with Crippen LogP contribution in [0.4, 0.5) is 0 Å². The molecule has 1 aromatic heterocycles. The second-order valence-corrected chi connectivity index (χ2v) is 5.89. The van der Waals surface area contributed by atoms with Gasteiger partial charge in [0.25, 0.3) is 5.91 Å². The molecule has 2 heterocycles. The van der Waals surface area contributed by atoms with Gasteiger partial charge >= 0.3 is 5.97 Å². The van der Waals surface area contributed by atoms with Crippen molar-refractivity contribution in [3.63, 3.8) is 0 Å². The number of carboxylic acid groups (broad SMARTS) is 1. The minimum atomic E-state index is -0.865. The van der Waals surface area contributed by atoms with Crippen LogP contribution in [0.15, 0.2) is 28.7 Å². The maximum atomic E-state index is 12.6. The van der Waals surface area contributed by atoms with Crippen molar-refractivity contribution in [1.82, 2.24) is 4.90 Å². The lowest BCUT2D eigenvalue weighted by Gasteiger charge is -2.19. The molecule has 1 saturated heterocycles.